The zero-order valence-corrected chi connectivity index (χ0v) is 16.0. The summed E-state index contributed by atoms with van der Waals surface area (Å²) in [6.07, 6.45) is 0. The summed E-state index contributed by atoms with van der Waals surface area (Å²) in [6.45, 7) is 7.46. The molecule has 0 saturated heterocycles. The van der Waals surface area contributed by atoms with Crippen molar-refractivity contribution in [3.8, 4) is 0 Å². The van der Waals surface area contributed by atoms with Crippen LogP contribution >= 0.6 is 0 Å². The number of benzene rings is 2. The van der Waals surface area contributed by atoms with Gasteiger partial charge in [0.1, 0.15) is 5.69 Å². The number of carbonyl (C=O) groups is 2. The molecule has 0 atom stereocenters. The molecule has 5 heteroatoms. The summed E-state index contributed by atoms with van der Waals surface area (Å²) in [5, 5.41) is 6.76. The number of carbonyl (C=O) groups excluding carboxylic acids is 2. The Hall–Kier alpha value is -3.21. The highest BCUT2D eigenvalue weighted by atomic mass is 16.2. The number of nitrogens with one attached hydrogen (secondary N) is 2. The Morgan fingerprint density at radius 1 is 0.926 bits per heavy atom. The monoisotopic (exact) mass is 361 g/mol. The summed E-state index contributed by atoms with van der Waals surface area (Å²) in [5.41, 5.74) is 2.80. The van der Waals surface area contributed by atoms with E-state index in [0.717, 1.165) is 16.5 Å². The van der Waals surface area contributed by atoms with Crippen molar-refractivity contribution < 1.29 is 9.59 Å². The van der Waals surface area contributed by atoms with Crippen LogP contribution in [-0.4, -0.2) is 16.8 Å². The van der Waals surface area contributed by atoms with E-state index in [9.17, 15) is 9.59 Å². The third-order valence-electron chi connectivity index (χ3n) is 4.26. The second-order valence-corrected chi connectivity index (χ2v) is 7.58. The van der Waals surface area contributed by atoms with Crippen LogP contribution in [0.5, 0.6) is 0 Å². The van der Waals surface area contributed by atoms with Gasteiger partial charge in [-0.3, -0.25) is 9.59 Å². The van der Waals surface area contributed by atoms with Gasteiger partial charge in [0, 0.05) is 22.2 Å². The average Bonchev–Trinajstić information content (AvgIpc) is 2.63. The summed E-state index contributed by atoms with van der Waals surface area (Å²) in [4.78, 5) is 29.3. The van der Waals surface area contributed by atoms with Gasteiger partial charge in [-0.1, -0.05) is 51.1 Å². The first kappa shape index (κ1) is 18.6. The van der Waals surface area contributed by atoms with Crippen molar-refractivity contribution in [2.75, 3.05) is 10.6 Å². The maximum atomic E-state index is 12.6. The van der Waals surface area contributed by atoms with E-state index in [4.69, 9.17) is 0 Å². The van der Waals surface area contributed by atoms with Gasteiger partial charge in [-0.2, -0.15) is 0 Å². The standard InChI is InChI=1S/C22H23N3O2/c1-14-9-11-16(23-21(27)22(2,3)4)13-19(14)25-20(26)18-12-10-15-7-5-6-8-17(15)24-18/h5-13H,1-4H3,(H,23,27)(H,25,26). The molecular formula is C22H23N3O2. The van der Waals surface area contributed by atoms with Crippen LogP contribution in [0, 0.1) is 12.3 Å². The van der Waals surface area contributed by atoms with Crippen molar-refractivity contribution in [1.29, 1.82) is 0 Å². The highest BCUT2D eigenvalue weighted by molar-refractivity contribution is 6.05. The van der Waals surface area contributed by atoms with Crippen LogP contribution in [0.4, 0.5) is 11.4 Å². The molecule has 138 valence electrons. The number of fused-ring (bicyclic) bond motifs is 1. The lowest BCUT2D eigenvalue weighted by atomic mass is 9.95. The van der Waals surface area contributed by atoms with Gasteiger partial charge in [-0.25, -0.2) is 4.98 Å². The lowest BCUT2D eigenvalue weighted by Crippen LogP contribution is -2.27. The number of hydrogen-bond donors (Lipinski definition) is 2. The van der Waals surface area contributed by atoms with Gasteiger partial charge in [0.2, 0.25) is 5.91 Å². The van der Waals surface area contributed by atoms with Crippen LogP contribution in [0.15, 0.2) is 54.6 Å². The number of hydrogen-bond acceptors (Lipinski definition) is 3. The highest BCUT2D eigenvalue weighted by Gasteiger charge is 2.21. The Morgan fingerprint density at radius 2 is 1.67 bits per heavy atom. The SMILES string of the molecule is Cc1ccc(NC(=O)C(C)(C)C)cc1NC(=O)c1ccc2ccccc2n1. The predicted octanol–water partition coefficient (Wildman–Crippen LogP) is 4.78. The molecule has 3 aromatic rings. The molecule has 0 spiro atoms. The third-order valence-corrected chi connectivity index (χ3v) is 4.26. The van der Waals surface area contributed by atoms with Gasteiger partial charge in [0.25, 0.3) is 5.91 Å². The molecule has 27 heavy (non-hydrogen) atoms. The number of anilines is 2. The Balaban J connectivity index is 1.82. The summed E-state index contributed by atoms with van der Waals surface area (Å²) < 4.78 is 0. The number of nitrogens with zero attached hydrogens (tertiary/aromatic N) is 1. The van der Waals surface area contributed by atoms with Crippen molar-refractivity contribution in [3.63, 3.8) is 0 Å². The minimum Gasteiger partial charge on any atom is -0.326 e. The third kappa shape index (κ3) is 4.31. The van der Waals surface area contributed by atoms with Gasteiger partial charge < -0.3 is 10.6 Å². The van der Waals surface area contributed by atoms with E-state index in [1.807, 2.05) is 70.2 Å². The first-order valence-corrected chi connectivity index (χ1v) is 8.83. The van der Waals surface area contributed by atoms with Crippen LogP contribution in [0.25, 0.3) is 10.9 Å². The minimum atomic E-state index is -0.497. The van der Waals surface area contributed by atoms with E-state index in [2.05, 4.69) is 15.6 Å². The van der Waals surface area contributed by atoms with E-state index in [-0.39, 0.29) is 11.8 Å². The highest BCUT2D eigenvalue weighted by Crippen LogP contribution is 2.23. The average molecular weight is 361 g/mol. The van der Waals surface area contributed by atoms with Crippen molar-refractivity contribution >= 4 is 34.1 Å². The molecule has 0 aliphatic heterocycles. The molecule has 2 aromatic carbocycles. The quantitative estimate of drug-likeness (QED) is 0.705. The van der Waals surface area contributed by atoms with E-state index in [1.54, 1.807) is 12.1 Å². The maximum absolute atomic E-state index is 12.6. The number of amides is 2. The fourth-order valence-corrected chi connectivity index (χ4v) is 2.53. The number of pyridine rings is 1. The molecule has 1 heterocycles. The van der Waals surface area contributed by atoms with E-state index < -0.39 is 5.41 Å². The molecule has 0 radical (unpaired) electrons. The Kier molecular flexibility index (Phi) is 4.95. The number of aromatic nitrogens is 1. The van der Waals surface area contributed by atoms with Crippen LogP contribution in [0.1, 0.15) is 36.8 Å². The van der Waals surface area contributed by atoms with Crippen molar-refractivity contribution in [3.05, 3.63) is 65.9 Å². The van der Waals surface area contributed by atoms with E-state index in [0.29, 0.717) is 17.1 Å². The minimum absolute atomic E-state index is 0.0835. The maximum Gasteiger partial charge on any atom is 0.274 e. The fourth-order valence-electron chi connectivity index (χ4n) is 2.53. The Morgan fingerprint density at radius 3 is 2.41 bits per heavy atom. The molecule has 0 aliphatic rings. The zero-order chi connectivity index (χ0) is 19.6. The molecule has 2 amide bonds. The first-order valence-electron chi connectivity index (χ1n) is 8.83. The van der Waals surface area contributed by atoms with Crippen molar-refractivity contribution in [2.24, 2.45) is 5.41 Å². The molecule has 0 unspecified atom stereocenters. The van der Waals surface area contributed by atoms with Gasteiger partial charge in [0.15, 0.2) is 0 Å². The molecule has 2 N–H and O–H groups in total. The molecule has 0 fully saturated rings. The molecule has 5 nitrogen and oxygen atoms in total. The fraction of sp³-hybridized carbons (Fsp3) is 0.227. The van der Waals surface area contributed by atoms with Gasteiger partial charge in [0.05, 0.1) is 5.52 Å². The summed E-state index contributed by atoms with van der Waals surface area (Å²) in [5.74, 6) is -0.372. The molecular weight excluding hydrogens is 338 g/mol. The molecule has 0 saturated carbocycles. The summed E-state index contributed by atoms with van der Waals surface area (Å²) in [7, 11) is 0. The van der Waals surface area contributed by atoms with Crippen molar-refractivity contribution in [1.82, 2.24) is 4.98 Å². The summed E-state index contributed by atoms with van der Waals surface area (Å²) in [6, 6.07) is 16.7. The van der Waals surface area contributed by atoms with Gasteiger partial charge in [-0.05, 0) is 36.8 Å². The lowest BCUT2D eigenvalue weighted by Gasteiger charge is -2.18. The van der Waals surface area contributed by atoms with E-state index >= 15 is 0 Å². The summed E-state index contributed by atoms with van der Waals surface area (Å²) >= 11 is 0. The Labute approximate surface area is 158 Å². The van der Waals surface area contributed by atoms with Crippen LogP contribution < -0.4 is 10.6 Å². The molecule has 0 bridgehead atoms. The second kappa shape index (κ2) is 7.19. The van der Waals surface area contributed by atoms with E-state index in [1.165, 1.54) is 0 Å². The second-order valence-electron chi connectivity index (χ2n) is 7.58. The van der Waals surface area contributed by atoms with Gasteiger partial charge >= 0.3 is 0 Å². The van der Waals surface area contributed by atoms with Crippen LogP contribution in [0.3, 0.4) is 0 Å². The topological polar surface area (TPSA) is 71.1 Å². The number of para-hydroxylation sites is 1. The van der Waals surface area contributed by atoms with Crippen LogP contribution in [0.2, 0.25) is 0 Å². The molecule has 0 aliphatic carbocycles. The first-order chi connectivity index (χ1) is 12.7. The predicted molar refractivity (Wildman–Crippen MR) is 109 cm³/mol. The molecule has 1 aromatic heterocycles. The normalized spacial score (nSPS) is 11.3. The van der Waals surface area contributed by atoms with Crippen molar-refractivity contribution in [2.45, 2.75) is 27.7 Å². The zero-order valence-electron chi connectivity index (χ0n) is 16.0. The van der Waals surface area contributed by atoms with Gasteiger partial charge in [-0.15, -0.1) is 0 Å². The Bertz CT molecular complexity index is 1020. The number of aryl methyl sites for hydroxylation is 1. The molecule has 3 rings (SSSR count). The largest absolute Gasteiger partial charge is 0.326 e. The smallest absolute Gasteiger partial charge is 0.274 e. The number of rotatable bonds is 3. The lowest BCUT2D eigenvalue weighted by molar-refractivity contribution is -0.123. The van der Waals surface area contributed by atoms with Crippen LogP contribution in [-0.2, 0) is 4.79 Å².